The lowest BCUT2D eigenvalue weighted by atomic mass is 10.1. The molecule has 0 bridgehead atoms. The van der Waals surface area contributed by atoms with Gasteiger partial charge < -0.3 is 15.1 Å². The van der Waals surface area contributed by atoms with Gasteiger partial charge in [-0.25, -0.2) is 0 Å². The van der Waals surface area contributed by atoms with Crippen molar-refractivity contribution in [2.24, 2.45) is 0 Å². The second-order valence-electron chi connectivity index (χ2n) is 4.19. The lowest BCUT2D eigenvalue weighted by Gasteiger charge is -2.26. The monoisotopic (exact) mass is 237 g/mol. The maximum absolute atomic E-state index is 12.2. The Morgan fingerprint density at radius 2 is 2.00 bits per heavy atom. The van der Waals surface area contributed by atoms with Crippen molar-refractivity contribution in [1.82, 2.24) is 4.90 Å². The van der Waals surface area contributed by atoms with Crippen molar-refractivity contribution < 1.29 is 15.0 Å². The van der Waals surface area contributed by atoms with Crippen molar-refractivity contribution in [2.45, 2.75) is 26.3 Å². The second-order valence-corrected chi connectivity index (χ2v) is 4.19. The van der Waals surface area contributed by atoms with Crippen LogP contribution in [-0.4, -0.2) is 40.2 Å². The van der Waals surface area contributed by atoms with Crippen LogP contribution in [0.25, 0.3) is 0 Å². The van der Waals surface area contributed by atoms with Crippen LogP contribution in [0.4, 0.5) is 0 Å². The molecule has 0 aliphatic carbocycles. The number of rotatable bonds is 5. The van der Waals surface area contributed by atoms with Crippen molar-refractivity contribution in [3.05, 3.63) is 29.8 Å². The van der Waals surface area contributed by atoms with Gasteiger partial charge in [-0.05, 0) is 32.4 Å². The summed E-state index contributed by atoms with van der Waals surface area (Å²) in [6, 6.07) is 6.54. The van der Waals surface area contributed by atoms with Gasteiger partial charge in [-0.3, -0.25) is 4.79 Å². The number of para-hydroxylation sites is 1. The van der Waals surface area contributed by atoms with Crippen LogP contribution in [-0.2, 0) is 0 Å². The molecule has 0 aliphatic rings. The van der Waals surface area contributed by atoms with Gasteiger partial charge in [0, 0.05) is 19.2 Å². The third kappa shape index (κ3) is 3.46. The van der Waals surface area contributed by atoms with Gasteiger partial charge >= 0.3 is 0 Å². The van der Waals surface area contributed by atoms with E-state index in [-0.39, 0.29) is 24.3 Å². The van der Waals surface area contributed by atoms with E-state index in [1.165, 1.54) is 6.07 Å². The van der Waals surface area contributed by atoms with Crippen molar-refractivity contribution in [3.63, 3.8) is 0 Å². The first kappa shape index (κ1) is 13.5. The first-order chi connectivity index (χ1) is 8.07. The van der Waals surface area contributed by atoms with Crippen LogP contribution < -0.4 is 0 Å². The quantitative estimate of drug-likeness (QED) is 0.818. The highest BCUT2D eigenvalue weighted by Crippen LogP contribution is 2.19. The fraction of sp³-hybridized carbons (Fsp3) is 0.462. The minimum Gasteiger partial charge on any atom is -0.507 e. The molecule has 0 aliphatic heterocycles. The van der Waals surface area contributed by atoms with Gasteiger partial charge in [0.1, 0.15) is 5.75 Å². The van der Waals surface area contributed by atoms with Crippen LogP contribution in [0.15, 0.2) is 24.3 Å². The number of aromatic hydroxyl groups is 1. The van der Waals surface area contributed by atoms with Crippen molar-refractivity contribution in [2.75, 3.05) is 13.2 Å². The van der Waals surface area contributed by atoms with Crippen LogP contribution in [0.2, 0.25) is 0 Å². The molecule has 0 radical (unpaired) electrons. The molecule has 1 aromatic rings. The fourth-order valence-electron chi connectivity index (χ4n) is 1.64. The molecule has 0 unspecified atom stereocenters. The van der Waals surface area contributed by atoms with Gasteiger partial charge in [0.15, 0.2) is 0 Å². The molecule has 1 aromatic carbocycles. The Morgan fingerprint density at radius 3 is 2.53 bits per heavy atom. The van der Waals surface area contributed by atoms with E-state index in [9.17, 15) is 9.90 Å². The molecule has 0 saturated carbocycles. The van der Waals surface area contributed by atoms with E-state index in [0.717, 1.165) is 0 Å². The zero-order chi connectivity index (χ0) is 12.8. The Hall–Kier alpha value is -1.55. The number of aliphatic hydroxyl groups excluding tert-OH is 1. The molecule has 0 saturated heterocycles. The van der Waals surface area contributed by atoms with Crippen LogP contribution >= 0.6 is 0 Å². The Labute approximate surface area is 101 Å². The Morgan fingerprint density at radius 1 is 1.35 bits per heavy atom. The summed E-state index contributed by atoms with van der Waals surface area (Å²) in [4.78, 5) is 13.8. The van der Waals surface area contributed by atoms with E-state index >= 15 is 0 Å². The van der Waals surface area contributed by atoms with Crippen molar-refractivity contribution in [1.29, 1.82) is 0 Å². The van der Waals surface area contributed by atoms with E-state index < -0.39 is 0 Å². The van der Waals surface area contributed by atoms with Gasteiger partial charge in [-0.1, -0.05) is 12.1 Å². The van der Waals surface area contributed by atoms with Crippen LogP contribution in [0.1, 0.15) is 30.6 Å². The smallest absolute Gasteiger partial charge is 0.257 e. The number of carbonyl (C=O) groups is 1. The highest BCUT2D eigenvalue weighted by molar-refractivity contribution is 5.96. The molecule has 0 aromatic heterocycles. The number of phenols is 1. The summed E-state index contributed by atoms with van der Waals surface area (Å²) in [6.45, 7) is 4.36. The van der Waals surface area contributed by atoms with E-state index in [4.69, 9.17) is 5.11 Å². The van der Waals surface area contributed by atoms with Gasteiger partial charge in [0.2, 0.25) is 0 Å². The Balaban J connectivity index is 2.88. The largest absolute Gasteiger partial charge is 0.507 e. The van der Waals surface area contributed by atoms with Gasteiger partial charge in [0.05, 0.1) is 5.56 Å². The summed E-state index contributed by atoms with van der Waals surface area (Å²) in [5.74, 6) is -0.210. The van der Waals surface area contributed by atoms with Crippen molar-refractivity contribution in [3.8, 4) is 5.75 Å². The van der Waals surface area contributed by atoms with Gasteiger partial charge in [-0.2, -0.15) is 0 Å². The number of benzene rings is 1. The maximum atomic E-state index is 12.2. The number of hydrogen-bond acceptors (Lipinski definition) is 3. The topological polar surface area (TPSA) is 60.8 Å². The minimum absolute atomic E-state index is 0.00727. The molecular weight excluding hydrogens is 218 g/mol. The second kappa shape index (κ2) is 6.25. The average molecular weight is 237 g/mol. The molecule has 4 heteroatoms. The summed E-state index contributed by atoms with van der Waals surface area (Å²) in [5, 5.41) is 18.5. The average Bonchev–Trinajstić information content (AvgIpc) is 2.29. The van der Waals surface area contributed by atoms with Crippen molar-refractivity contribution >= 4 is 5.91 Å². The lowest BCUT2D eigenvalue weighted by molar-refractivity contribution is 0.0690. The normalized spacial score (nSPS) is 10.6. The Bertz CT molecular complexity index is 377. The lowest BCUT2D eigenvalue weighted by Crippen LogP contribution is -2.38. The van der Waals surface area contributed by atoms with E-state index in [1.54, 1.807) is 23.1 Å². The van der Waals surface area contributed by atoms with Crippen LogP contribution in [0, 0.1) is 0 Å². The third-order valence-electron chi connectivity index (χ3n) is 2.58. The molecule has 94 valence electrons. The number of hydrogen-bond donors (Lipinski definition) is 2. The first-order valence-electron chi connectivity index (χ1n) is 5.77. The van der Waals surface area contributed by atoms with E-state index in [0.29, 0.717) is 18.5 Å². The molecule has 1 amide bonds. The molecule has 2 N–H and O–H groups in total. The Kier molecular flexibility index (Phi) is 4.97. The zero-order valence-corrected chi connectivity index (χ0v) is 10.3. The van der Waals surface area contributed by atoms with E-state index in [2.05, 4.69) is 0 Å². The standard InChI is InChI=1S/C13H19NO3/c1-10(2)14(8-5-9-15)13(17)11-6-3-4-7-12(11)16/h3-4,6-7,10,15-16H,5,8-9H2,1-2H3. The van der Waals surface area contributed by atoms with Crippen LogP contribution in [0.5, 0.6) is 5.75 Å². The highest BCUT2D eigenvalue weighted by Gasteiger charge is 2.20. The molecule has 0 heterocycles. The zero-order valence-electron chi connectivity index (χ0n) is 10.3. The highest BCUT2D eigenvalue weighted by atomic mass is 16.3. The molecule has 4 nitrogen and oxygen atoms in total. The number of phenolic OH excluding ortho intramolecular Hbond substituents is 1. The maximum Gasteiger partial charge on any atom is 0.257 e. The fourth-order valence-corrected chi connectivity index (χ4v) is 1.64. The number of aliphatic hydroxyl groups is 1. The van der Waals surface area contributed by atoms with Crippen LogP contribution in [0.3, 0.4) is 0 Å². The third-order valence-corrected chi connectivity index (χ3v) is 2.58. The van der Waals surface area contributed by atoms with Gasteiger partial charge in [-0.15, -0.1) is 0 Å². The predicted molar refractivity (Wildman–Crippen MR) is 66.0 cm³/mol. The summed E-state index contributed by atoms with van der Waals surface area (Å²) in [5.41, 5.74) is 0.305. The molecular formula is C13H19NO3. The summed E-state index contributed by atoms with van der Waals surface area (Å²) >= 11 is 0. The van der Waals surface area contributed by atoms with E-state index in [1.807, 2.05) is 13.8 Å². The molecule has 0 fully saturated rings. The molecule has 17 heavy (non-hydrogen) atoms. The SMILES string of the molecule is CC(C)N(CCCO)C(=O)c1ccccc1O. The summed E-state index contributed by atoms with van der Waals surface area (Å²) in [6.07, 6.45) is 0.539. The minimum atomic E-state index is -0.202. The molecule has 0 atom stereocenters. The number of nitrogens with zero attached hydrogens (tertiary/aromatic N) is 1. The predicted octanol–water partition coefficient (Wildman–Crippen LogP) is 1.63. The summed E-state index contributed by atoms with van der Waals surface area (Å²) < 4.78 is 0. The number of amides is 1. The first-order valence-corrected chi connectivity index (χ1v) is 5.77. The summed E-state index contributed by atoms with van der Waals surface area (Å²) in [7, 11) is 0. The molecule has 0 spiro atoms. The van der Waals surface area contributed by atoms with Gasteiger partial charge in [0.25, 0.3) is 5.91 Å². The molecule has 1 rings (SSSR count). The number of carbonyl (C=O) groups excluding carboxylic acids is 1.